The van der Waals surface area contributed by atoms with Crippen LogP contribution in [-0.2, 0) is 14.3 Å². The number of hydrogen-bond donors (Lipinski definition) is 2. The van der Waals surface area contributed by atoms with Crippen molar-refractivity contribution in [2.45, 2.75) is 19.4 Å². The van der Waals surface area contributed by atoms with Gasteiger partial charge in [-0.3, -0.25) is 33.8 Å². The third-order valence-electron chi connectivity index (χ3n) is 11.2. The fourth-order valence-corrected chi connectivity index (χ4v) is 8.25. The van der Waals surface area contributed by atoms with Crippen molar-refractivity contribution >= 4 is 62.5 Å². The molecule has 3 N–H and O–H groups in total. The van der Waals surface area contributed by atoms with Crippen LogP contribution in [0.1, 0.15) is 54.8 Å². The number of carbonyl (C=O) groups excluding carboxylic acids is 5. The summed E-state index contributed by atoms with van der Waals surface area (Å²) in [5.41, 5.74) is 9.84. The summed E-state index contributed by atoms with van der Waals surface area (Å²) in [6.45, 7) is 8.45. The average molecular weight is 762 g/mol. The van der Waals surface area contributed by atoms with Gasteiger partial charge in [0, 0.05) is 92.2 Å². The van der Waals surface area contributed by atoms with Gasteiger partial charge in [-0.2, -0.15) is 0 Å². The zero-order valence-electron chi connectivity index (χ0n) is 31.6. The Labute approximate surface area is 325 Å². The van der Waals surface area contributed by atoms with E-state index in [2.05, 4.69) is 15.1 Å². The minimum atomic E-state index is -0.770. The standard InChI is InChI=1S/C42H47N7O7/c1-27(43)38(50)47(13-14-49-40(52)33-8-3-6-29-24-31(46-17-21-56-22-18-46)26-35(37(29)33)42(49)54)11-4-9-44-10-12-48-39(51)32-7-2-5-28-23-30(45-15-19-55-20-16-45)25-34(36(28)32)41(48)53/h2-3,5-8,23-27,44H,4,9-22,43H2,1H3. The fourth-order valence-electron chi connectivity index (χ4n) is 8.25. The molecule has 0 aromatic heterocycles. The number of carbonyl (C=O) groups is 5. The molecule has 0 aliphatic carbocycles. The quantitative estimate of drug-likeness (QED) is 0.153. The van der Waals surface area contributed by atoms with Gasteiger partial charge in [0.15, 0.2) is 0 Å². The lowest BCUT2D eigenvalue weighted by Gasteiger charge is -2.33. The van der Waals surface area contributed by atoms with Crippen LogP contribution in [0, 0.1) is 0 Å². The normalized spacial score (nSPS) is 17.7. The van der Waals surface area contributed by atoms with E-state index >= 15 is 0 Å². The summed E-state index contributed by atoms with van der Waals surface area (Å²) in [6.07, 6.45) is 0.540. The number of anilines is 2. The highest BCUT2D eigenvalue weighted by molar-refractivity contribution is 6.27. The van der Waals surface area contributed by atoms with Crippen LogP contribution in [0.3, 0.4) is 0 Å². The van der Waals surface area contributed by atoms with Gasteiger partial charge in [-0.05, 0) is 67.1 Å². The van der Waals surface area contributed by atoms with Crippen molar-refractivity contribution < 1.29 is 33.4 Å². The van der Waals surface area contributed by atoms with E-state index in [1.165, 1.54) is 9.80 Å². The highest BCUT2D eigenvalue weighted by Gasteiger charge is 2.35. The summed E-state index contributed by atoms with van der Waals surface area (Å²) in [7, 11) is 0. The molecule has 0 bridgehead atoms. The van der Waals surface area contributed by atoms with Crippen LogP contribution in [0.25, 0.3) is 21.5 Å². The molecule has 8 rings (SSSR count). The maximum Gasteiger partial charge on any atom is 0.261 e. The van der Waals surface area contributed by atoms with Gasteiger partial charge in [-0.25, -0.2) is 0 Å². The molecule has 0 radical (unpaired) electrons. The van der Waals surface area contributed by atoms with Gasteiger partial charge in [0.1, 0.15) is 0 Å². The molecule has 14 heteroatoms. The molecular formula is C42H47N7O7. The molecule has 292 valence electrons. The summed E-state index contributed by atoms with van der Waals surface area (Å²) in [5, 5.41) is 6.35. The van der Waals surface area contributed by atoms with E-state index in [0.717, 1.165) is 35.2 Å². The van der Waals surface area contributed by atoms with Gasteiger partial charge < -0.3 is 35.2 Å². The van der Waals surface area contributed by atoms with Crippen molar-refractivity contribution in [3.8, 4) is 0 Å². The van der Waals surface area contributed by atoms with E-state index in [0.29, 0.717) is 98.6 Å². The smallest absolute Gasteiger partial charge is 0.261 e. The monoisotopic (exact) mass is 761 g/mol. The third kappa shape index (κ3) is 7.09. The van der Waals surface area contributed by atoms with E-state index in [-0.39, 0.29) is 49.2 Å². The van der Waals surface area contributed by atoms with Gasteiger partial charge in [0.05, 0.1) is 43.6 Å². The Hall–Kier alpha value is -5.41. The number of amides is 5. The number of ether oxygens (including phenoxy) is 2. The SMILES string of the molecule is CC(N)C(=O)N(CCCNCCN1C(=O)c2cccc3cc(N4CCOCC4)cc(c23)C1=O)CCN1C(=O)c2cccc3cc(N4CCOCC4)cc(c23)C1=O. The predicted molar refractivity (Wildman–Crippen MR) is 212 cm³/mol. The summed E-state index contributed by atoms with van der Waals surface area (Å²) < 4.78 is 11.0. The molecule has 2 saturated heterocycles. The van der Waals surface area contributed by atoms with Gasteiger partial charge in [0.25, 0.3) is 23.6 Å². The van der Waals surface area contributed by atoms with Crippen LogP contribution in [0.2, 0.25) is 0 Å². The Morgan fingerprint density at radius 2 is 1.16 bits per heavy atom. The molecule has 1 atom stereocenters. The lowest BCUT2D eigenvalue weighted by molar-refractivity contribution is -0.132. The van der Waals surface area contributed by atoms with Crippen LogP contribution in [0.4, 0.5) is 11.4 Å². The summed E-state index contributed by atoms with van der Waals surface area (Å²) in [4.78, 5) is 76.7. The Morgan fingerprint density at radius 1 is 0.679 bits per heavy atom. The number of rotatable bonds is 13. The van der Waals surface area contributed by atoms with E-state index < -0.39 is 6.04 Å². The minimum Gasteiger partial charge on any atom is -0.378 e. The third-order valence-corrected chi connectivity index (χ3v) is 11.2. The molecular weight excluding hydrogens is 715 g/mol. The number of hydrogen-bond acceptors (Lipinski definition) is 11. The molecule has 4 aliphatic heterocycles. The molecule has 14 nitrogen and oxygen atoms in total. The lowest BCUT2D eigenvalue weighted by atomic mass is 9.93. The van der Waals surface area contributed by atoms with Crippen molar-refractivity contribution in [3.63, 3.8) is 0 Å². The first kappa shape index (κ1) is 37.5. The number of nitrogens with zero attached hydrogens (tertiary/aromatic N) is 5. The molecule has 4 heterocycles. The first-order valence-electron chi connectivity index (χ1n) is 19.5. The minimum absolute atomic E-state index is 0.0157. The molecule has 2 fully saturated rings. The molecule has 0 saturated carbocycles. The highest BCUT2D eigenvalue weighted by Crippen LogP contribution is 2.36. The van der Waals surface area contributed by atoms with Crippen molar-refractivity contribution in [1.29, 1.82) is 0 Å². The van der Waals surface area contributed by atoms with Crippen molar-refractivity contribution in [2.24, 2.45) is 5.73 Å². The first-order chi connectivity index (χ1) is 27.2. The molecule has 1 unspecified atom stereocenters. The average Bonchev–Trinajstić information content (AvgIpc) is 3.23. The Kier molecular flexibility index (Phi) is 10.7. The first-order valence-corrected chi connectivity index (χ1v) is 19.5. The lowest BCUT2D eigenvalue weighted by Crippen LogP contribution is -2.49. The molecule has 5 amide bonds. The summed E-state index contributed by atoms with van der Waals surface area (Å²) >= 11 is 0. The van der Waals surface area contributed by atoms with E-state index in [9.17, 15) is 24.0 Å². The predicted octanol–water partition coefficient (Wildman–Crippen LogP) is 2.71. The number of nitrogens with one attached hydrogen (secondary N) is 1. The topological polar surface area (TPSA) is 158 Å². The van der Waals surface area contributed by atoms with Crippen LogP contribution < -0.4 is 20.9 Å². The zero-order valence-corrected chi connectivity index (χ0v) is 31.6. The maximum atomic E-state index is 13.9. The largest absolute Gasteiger partial charge is 0.378 e. The van der Waals surface area contributed by atoms with Crippen LogP contribution in [0.5, 0.6) is 0 Å². The van der Waals surface area contributed by atoms with Crippen molar-refractivity contribution in [3.05, 3.63) is 82.9 Å². The van der Waals surface area contributed by atoms with Gasteiger partial charge in [0.2, 0.25) is 5.91 Å². The second-order valence-electron chi connectivity index (χ2n) is 14.7. The number of morpholine rings is 2. The zero-order chi connectivity index (χ0) is 38.9. The Bertz CT molecular complexity index is 2210. The van der Waals surface area contributed by atoms with Crippen LogP contribution in [0.15, 0.2) is 60.7 Å². The van der Waals surface area contributed by atoms with Crippen molar-refractivity contribution in [1.82, 2.24) is 20.0 Å². The number of benzene rings is 4. The van der Waals surface area contributed by atoms with Gasteiger partial charge >= 0.3 is 0 Å². The second-order valence-corrected chi connectivity index (χ2v) is 14.7. The molecule has 4 aromatic rings. The summed E-state index contributed by atoms with van der Waals surface area (Å²) in [5.74, 6) is -1.70. The molecule has 4 aromatic carbocycles. The Balaban J connectivity index is 0.886. The highest BCUT2D eigenvalue weighted by atomic mass is 16.5. The van der Waals surface area contributed by atoms with E-state index in [4.69, 9.17) is 15.2 Å². The van der Waals surface area contributed by atoms with Crippen LogP contribution in [-0.4, -0.2) is 142 Å². The van der Waals surface area contributed by atoms with Crippen molar-refractivity contribution in [2.75, 3.05) is 102 Å². The molecule has 0 spiro atoms. The van der Waals surface area contributed by atoms with E-state index in [1.54, 1.807) is 24.0 Å². The fraction of sp³-hybridized carbons (Fsp3) is 0.405. The van der Waals surface area contributed by atoms with Gasteiger partial charge in [-0.1, -0.05) is 24.3 Å². The van der Waals surface area contributed by atoms with Crippen LogP contribution >= 0.6 is 0 Å². The molecule has 56 heavy (non-hydrogen) atoms. The number of nitrogens with two attached hydrogens (primary N) is 1. The number of imide groups is 2. The van der Waals surface area contributed by atoms with Gasteiger partial charge in [-0.15, -0.1) is 0 Å². The van der Waals surface area contributed by atoms with E-state index in [1.807, 2.05) is 48.5 Å². The Morgan fingerprint density at radius 3 is 1.66 bits per heavy atom. The molecule has 4 aliphatic rings. The summed E-state index contributed by atoms with van der Waals surface area (Å²) in [6, 6.07) is 18.1. The second kappa shape index (κ2) is 16.0. The maximum absolute atomic E-state index is 13.9.